The van der Waals surface area contributed by atoms with E-state index < -0.39 is 30.4 Å². The van der Waals surface area contributed by atoms with Crippen molar-refractivity contribution in [2.75, 3.05) is 52.4 Å². The second-order valence-corrected chi connectivity index (χ2v) is 15.4. The number of carbonyl (C=O) groups is 3. The smallest absolute Gasteiger partial charge is 0.490 e. The van der Waals surface area contributed by atoms with E-state index in [0.29, 0.717) is 54.3 Å². The second kappa shape index (κ2) is 19.9. The molecule has 6 N–H and O–H groups in total. The van der Waals surface area contributed by atoms with Crippen LogP contribution < -0.4 is 10.2 Å². The number of amides is 1. The van der Waals surface area contributed by atoms with Gasteiger partial charge in [-0.3, -0.25) is 9.59 Å². The summed E-state index contributed by atoms with van der Waals surface area (Å²) in [6, 6.07) is 11.9. The summed E-state index contributed by atoms with van der Waals surface area (Å²) in [4.78, 5) is 53.7. The summed E-state index contributed by atoms with van der Waals surface area (Å²) in [5, 5.41) is 41.0. The predicted octanol–water partition coefficient (Wildman–Crippen LogP) is 4.74. The highest BCUT2D eigenvalue weighted by Gasteiger charge is 2.41. The number of aryl methyl sites for hydroxylation is 1. The molecule has 4 heterocycles. The lowest BCUT2D eigenvalue weighted by atomic mass is 9.89. The molecular weight excluding hydrogens is 825 g/mol. The lowest BCUT2D eigenvalue weighted by Gasteiger charge is -2.47. The zero-order valence-electron chi connectivity index (χ0n) is 30.9. The van der Waals surface area contributed by atoms with Crippen molar-refractivity contribution < 1.29 is 65.9 Å². The molecular formula is C36H41F6N5O9S2. The Bertz CT molecular complexity index is 2040. The van der Waals surface area contributed by atoms with E-state index in [1.165, 1.54) is 28.5 Å². The summed E-state index contributed by atoms with van der Waals surface area (Å²) in [6.07, 6.45) is -7.27. The number of ether oxygens (including phenoxy) is 1. The number of thiazole rings is 2. The number of aliphatic hydroxyl groups is 1. The van der Waals surface area contributed by atoms with Crippen LogP contribution in [0.2, 0.25) is 0 Å². The molecule has 6 rings (SSSR count). The third kappa shape index (κ3) is 13.2. The molecule has 0 unspecified atom stereocenters. The number of rotatable bonds is 10. The molecule has 58 heavy (non-hydrogen) atoms. The van der Waals surface area contributed by atoms with Crippen LogP contribution >= 0.6 is 22.7 Å². The maximum absolute atomic E-state index is 13.0. The van der Waals surface area contributed by atoms with Gasteiger partial charge in [0.1, 0.15) is 17.0 Å². The van der Waals surface area contributed by atoms with Crippen molar-refractivity contribution in [3.63, 3.8) is 0 Å². The largest absolute Gasteiger partial charge is 0.506 e. The number of phenols is 1. The van der Waals surface area contributed by atoms with E-state index in [2.05, 4.69) is 44.5 Å². The standard InChI is InChI=1S/C32H39N5O5S2.2C2HF3O2/c1-21-34-25(19-43-21)30(40)37-16-17-42-32(20-37)10-14-36(15-11-32)13-9-23-4-2-22(3-5-23)8-12-33-18-27(39)24-6-7-26(38)28-29(24)44-31(41)35-28;2*3-2(4,5)1(6)7/h2-7,19,27,33,38-39H,8-18,20H2,1H3,(H,35,41);2*(H,6,7)/t27-;;/m0../s1. The molecule has 0 radical (unpaired) electrons. The summed E-state index contributed by atoms with van der Waals surface area (Å²) < 4.78 is 70.3. The molecule has 2 saturated heterocycles. The van der Waals surface area contributed by atoms with E-state index in [4.69, 9.17) is 24.5 Å². The molecule has 4 aromatic rings. The average Bonchev–Trinajstić information content (AvgIpc) is 3.79. The van der Waals surface area contributed by atoms with E-state index in [1.54, 1.807) is 6.07 Å². The number of hydrogen-bond acceptors (Lipinski definition) is 12. The van der Waals surface area contributed by atoms with E-state index in [0.717, 1.165) is 61.7 Å². The molecule has 1 amide bonds. The molecule has 2 aliphatic heterocycles. The number of aromatic hydroxyl groups is 1. The Balaban J connectivity index is 0.000000456. The number of aromatic nitrogens is 2. The van der Waals surface area contributed by atoms with Crippen LogP contribution in [-0.4, -0.2) is 128 Å². The van der Waals surface area contributed by atoms with Gasteiger partial charge < -0.3 is 45.3 Å². The Morgan fingerprint density at radius 3 is 2.10 bits per heavy atom. The molecule has 1 spiro atoms. The van der Waals surface area contributed by atoms with Crippen LogP contribution in [0.4, 0.5) is 26.3 Å². The lowest BCUT2D eigenvalue weighted by Crippen LogP contribution is -2.58. The fraction of sp³-hybridized carbons (Fsp3) is 0.472. The van der Waals surface area contributed by atoms with Crippen molar-refractivity contribution in [2.24, 2.45) is 0 Å². The lowest BCUT2D eigenvalue weighted by molar-refractivity contribution is -0.193. The molecule has 0 saturated carbocycles. The number of aliphatic carboxylic acids is 2. The molecule has 2 aromatic heterocycles. The summed E-state index contributed by atoms with van der Waals surface area (Å²) in [7, 11) is 0. The van der Waals surface area contributed by atoms with Gasteiger partial charge in [-0.25, -0.2) is 14.6 Å². The van der Waals surface area contributed by atoms with Gasteiger partial charge in [0, 0.05) is 43.7 Å². The Morgan fingerprint density at radius 2 is 1.55 bits per heavy atom. The van der Waals surface area contributed by atoms with Gasteiger partial charge in [0.25, 0.3) is 5.91 Å². The van der Waals surface area contributed by atoms with Crippen LogP contribution in [0.25, 0.3) is 10.2 Å². The Kier molecular flexibility index (Phi) is 15.8. The third-order valence-corrected chi connectivity index (χ3v) is 10.9. The first-order valence-corrected chi connectivity index (χ1v) is 19.4. The molecule has 0 bridgehead atoms. The number of carboxylic acids is 2. The van der Waals surface area contributed by atoms with Gasteiger partial charge in [0.15, 0.2) is 0 Å². The Morgan fingerprint density at radius 1 is 0.966 bits per heavy atom. The van der Waals surface area contributed by atoms with E-state index >= 15 is 0 Å². The normalized spacial score (nSPS) is 16.2. The van der Waals surface area contributed by atoms with Crippen molar-refractivity contribution in [1.29, 1.82) is 0 Å². The molecule has 318 valence electrons. The summed E-state index contributed by atoms with van der Waals surface area (Å²) >= 11 is 2.51. The number of alkyl halides is 6. The summed E-state index contributed by atoms with van der Waals surface area (Å²) in [5.41, 5.74) is 3.85. The summed E-state index contributed by atoms with van der Waals surface area (Å²) in [5.74, 6) is -5.49. The summed E-state index contributed by atoms with van der Waals surface area (Å²) in [6.45, 7) is 7.76. The van der Waals surface area contributed by atoms with Crippen molar-refractivity contribution in [3.05, 3.63) is 78.8 Å². The van der Waals surface area contributed by atoms with Gasteiger partial charge in [-0.15, -0.1) is 11.3 Å². The van der Waals surface area contributed by atoms with Crippen LogP contribution in [0.5, 0.6) is 5.75 Å². The van der Waals surface area contributed by atoms with E-state index in [1.807, 2.05) is 17.2 Å². The number of carboxylic acid groups (broad SMARTS) is 2. The number of fused-ring (bicyclic) bond motifs is 1. The van der Waals surface area contributed by atoms with Gasteiger partial charge in [0.05, 0.1) is 34.6 Å². The number of benzene rings is 2. The maximum Gasteiger partial charge on any atom is 0.490 e. The zero-order valence-corrected chi connectivity index (χ0v) is 32.5. The number of piperidine rings is 1. The molecule has 2 aromatic carbocycles. The Labute approximate surface area is 334 Å². The number of H-pyrrole nitrogens is 1. The minimum absolute atomic E-state index is 0.00742. The first kappa shape index (κ1) is 46.1. The fourth-order valence-corrected chi connectivity index (χ4v) is 7.68. The van der Waals surface area contributed by atoms with Crippen LogP contribution in [-0.2, 0) is 27.2 Å². The number of likely N-dealkylation sites (tertiary alicyclic amines) is 1. The van der Waals surface area contributed by atoms with E-state index in [-0.39, 0.29) is 22.1 Å². The highest BCUT2D eigenvalue weighted by molar-refractivity contribution is 7.16. The number of nitrogens with one attached hydrogen (secondary N) is 2. The molecule has 1 atom stereocenters. The number of phenolic OH excluding ortho intramolecular Hbond substituents is 1. The number of morpholine rings is 1. The van der Waals surface area contributed by atoms with E-state index in [9.17, 15) is 46.1 Å². The number of hydrogen-bond donors (Lipinski definition) is 6. The number of aromatic amines is 1. The van der Waals surface area contributed by atoms with Crippen molar-refractivity contribution in [1.82, 2.24) is 25.1 Å². The second-order valence-electron chi connectivity index (χ2n) is 13.4. The number of halogens is 6. The predicted molar refractivity (Wildman–Crippen MR) is 200 cm³/mol. The van der Waals surface area contributed by atoms with Gasteiger partial charge in [-0.05, 0) is 56.3 Å². The minimum atomic E-state index is -5.08. The molecule has 2 fully saturated rings. The molecule has 14 nitrogen and oxygen atoms in total. The van der Waals surface area contributed by atoms with Crippen LogP contribution in [0.1, 0.15) is 51.1 Å². The monoisotopic (exact) mass is 865 g/mol. The first-order chi connectivity index (χ1) is 27.2. The molecule has 2 aliphatic rings. The highest BCUT2D eigenvalue weighted by atomic mass is 32.1. The topological polar surface area (TPSA) is 206 Å². The van der Waals surface area contributed by atoms with Crippen LogP contribution in [0.3, 0.4) is 0 Å². The average molecular weight is 866 g/mol. The zero-order chi connectivity index (χ0) is 42.8. The fourth-order valence-electron chi connectivity index (χ4n) is 6.17. The Hall–Kier alpha value is -4.61. The highest BCUT2D eigenvalue weighted by Crippen LogP contribution is 2.32. The number of nitrogens with zero attached hydrogens (tertiary/aromatic N) is 3. The van der Waals surface area contributed by atoms with Gasteiger partial charge in [-0.1, -0.05) is 41.7 Å². The van der Waals surface area contributed by atoms with Crippen molar-refractivity contribution in [2.45, 2.75) is 56.7 Å². The quantitative estimate of drug-likeness (QED) is 0.0945. The van der Waals surface area contributed by atoms with Crippen LogP contribution in [0, 0.1) is 6.92 Å². The SMILES string of the molecule is Cc1nc(C(=O)N2CCOC3(CCN(CCc4ccc(CCNC[C@H](O)c5ccc(O)c6[nH]c(=O)sc56)cc4)CC3)C2)cs1.O=C(O)C(F)(F)F.O=C(O)C(F)(F)F. The minimum Gasteiger partial charge on any atom is -0.506 e. The molecule has 0 aliphatic carbocycles. The van der Waals surface area contributed by atoms with Crippen molar-refractivity contribution >= 4 is 50.7 Å². The van der Waals surface area contributed by atoms with Crippen molar-refractivity contribution in [3.8, 4) is 5.75 Å². The van der Waals surface area contributed by atoms with Gasteiger partial charge in [0.2, 0.25) is 0 Å². The third-order valence-electron chi connectivity index (χ3n) is 9.24. The number of aliphatic hydroxyl groups excluding tert-OH is 1. The van der Waals surface area contributed by atoms with Gasteiger partial charge in [-0.2, -0.15) is 26.3 Å². The van der Waals surface area contributed by atoms with Crippen LogP contribution in [0.15, 0.2) is 46.6 Å². The van der Waals surface area contributed by atoms with Gasteiger partial charge >= 0.3 is 29.2 Å². The number of carbonyl (C=O) groups excluding carboxylic acids is 1. The molecule has 22 heteroatoms. The maximum atomic E-state index is 13.0. The first-order valence-electron chi connectivity index (χ1n) is 17.7.